The lowest BCUT2D eigenvalue weighted by atomic mass is 9.82. The van der Waals surface area contributed by atoms with E-state index in [0.717, 1.165) is 5.56 Å². The van der Waals surface area contributed by atoms with Crippen LogP contribution in [0.1, 0.15) is 24.0 Å². The Kier molecular flexibility index (Phi) is 3.06. The van der Waals surface area contributed by atoms with Crippen LogP contribution >= 0.6 is 0 Å². The average molecular weight is 283 g/mol. The summed E-state index contributed by atoms with van der Waals surface area (Å²) >= 11 is 0. The summed E-state index contributed by atoms with van der Waals surface area (Å²) in [5, 5.41) is 12.4. The molecule has 0 amide bonds. The van der Waals surface area contributed by atoms with Crippen LogP contribution in [0.3, 0.4) is 0 Å². The van der Waals surface area contributed by atoms with E-state index in [9.17, 15) is 14.7 Å². The second kappa shape index (κ2) is 4.90. The summed E-state index contributed by atoms with van der Waals surface area (Å²) < 4.78 is 0. The van der Waals surface area contributed by atoms with Crippen LogP contribution in [-0.2, 0) is 4.79 Å². The first-order valence-electron chi connectivity index (χ1n) is 6.43. The van der Waals surface area contributed by atoms with Gasteiger partial charge in [-0.3, -0.25) is 4.79 Å². The zero-order chi connectivity index (χ0) is 15.0. The molecule has 1 aromatic carbocycles. The largest absolute Gasteiger partial charge is 0.478 e. The van der Waals surface area contributed by atoms with Gasteiger partial charge in [-0.15, -0.1) is 0 Å². The molecule has 0 bridgehead atoms. The standard InChI is InChI=1S/C15H13N3O3/c1-8-10(15(20)21)11(9-5-3-2-4-6-9)12-13(18-8)16-7-17-14(12)19/h2-7,11H,1H3,(H,20,21)(H2,16,17,18,19). The van der Waals surface area contributed by atoms with Crippen LogP contribution in [0, 0.1) is 0 Å². The molecule has 0 saturated carbocycles. The number of carboxylic acids is 1. The smallest absolute Gasteiger partial charge is 0.334 e. The fourth-order valence-corrected chi connectivity index (χ4v) is 2.65. The molecular formula is C15H13N3O3. The molecule has 1 aliphatic rings. The Labute approximate surface area is 120 Å². The highest BCUT2D eigenvalue weighted by atomic mass is 16.4. The Balaban J connectivity index is 2.31. The van der Waals surface area contributed by atoms with Crippen LogP contribution in [0.5, 0.6) is 0 Å². The van der Waals surface area contributed by atoms with Crippen molar-refractivity contribution in [3.05, 3.63) is 69.4 Å². The van der Waals surface area contributed by atoms with Crippen LogP contribution in [0.15, 0.2) is 52.7 Å². The third-order valence-corrected chi connectivity index (χ3v) is 3.54. The minimum Gasteiger partial charge on any atom is -0.478 e. The SMILES string of the molecule is CC1=C(C(=O)O)C(c2ccccc2)c2c(nc[nH]c2=O)N1. The molecule has 6 heteroatoms. The Morgan fingerprint density at radius 1 is 1.29 bits per heavy atom. The molecule has 0 aliphatic carbocycles. The molecule has 2 aromatic rings. The van der Waals surface area contributed by atoms with Gasteiger partial charge in [-0.2, -0.15) is 0 Å². The number of allylic oxidation sites excluding steroid dienone is 1. The number of anilines is 1. The summed E-state index contributed by atoms with van der Waals surface area (Å²) in [6.07, 6.45) is 1.30. The van der Waals surface area contributed by atoms with E-state index in [-0.39, 0.29) is 11.1 Å². The fraction of sp³-hybridized carbons (Fsp3) is 0.133. The van der Waals surface area contributed by atoms with Crippen LogP contribution < -0.4 is 10.9 Å². The molecule has 21 heavy (non-hydrogen) atoms. The zero-order valence-electron chi connectivity index (χ0n) is 11.3. The van der Waals surface area contributed by atoms with Crippen molar-refractivity contribution in [2.75, 3.05) is 5.32 Å². The lowest BCUT2D eigenvalue weighted by Crippen LogP contribution is -2.29. The normalized spacial score (nSPS) is 17.1. The van der Waals surface area contributed by atoms with E-state index >= 15 is 0 Å². The molecule has 0 spiro atoms. The molecule has 1 aliphatic heterocycles. The molecule has 1 atom stereocenters. The Hall–Kier alpha value is -2.89. The first-order valence-corrected chi connectivity index (χ1v) is 6.43. The van der Waals surface area contributed by atoms with Crippen LogP contribution in [0.25, 0.3) is 0 Å². The predicted octanol–water partition coefficient (Wildman–Crippen LogP) is 1.69. The molecule has 3 N–H and O–H groups in total. The molecule has 106 valence electrons. The minimum atomic E-state index is -1.05. The lowest BCUT2D eigenvalue weighted by Gasteiger charge is -2.27. The quantitative estimate of drug-likeness (QED) is 0.779. The summed E-state index contributed by atoms with van der Waals surface area (Å²) in [5.74, 6) is -1.30. The van der Waals surface area contributed by atoms with Gasteiger partial charge in [0.1, 0.15) is 5.82 Å². The van der Waals surface area contributed by atoms with Crippen molar-refractivity contribution in [2.45, 2.75) is 12.8 Å². The Bertz CT molecular complexity index is 793. The number of benzene rings is 1. The summed E-state index contributed by atoms with van der Waals surface area (Å²) in [4.78, 5) is 30.4. The highest BCUT2D eigenvalue weighted by molar-refractivity contribution is 5.92. The topological polar surface area (TPSA) is 95.1 Å². The number of fused-ring (bicyclic) bond motifs is 1. The van der Waals surface area contributed by atoms with Crippen LogP contribution in [-0.4, -0.2) is 21.0 Å². The number of hydrogen-bond donors (Lipinski definition) is 3. The van der Waals surface area contributed by atoms with E-state index in [4.69, 9.17) is 0 Å². The van der Waals surface area contributed by atoms with Gasteiger partial charge in [0.05, 0.1) is 23.4 Å². The fourth-order valence-electron chi connectivity index (χ4n) is 2.65. The van der Waals surface area contributed by atoms with Gasteiger partial charge in [0, 0.05) is 5.70 Å². The van der Waals surface area contributed by atoms with Gasteiger partial charge in [-0.05, 0) is 12.5 Å². The minimum absolute atomic E-state index is 0.159. The van der Waals surface area contributed by atoms with Crippen molar-refractivity contribution in [3.8, 4) is 0 Å². The molecule has 0 saturated heterocycles. The molecule has 3 rings (SSSR count). The Morgan fingerprint density at radius 3 is 2.67 bits per heavy atom. The third-order valence-electron chi connectivity index (χ3n) is 3.54. The summed E-state index contributed by atoms with van der Waals surface area (Å²) in [6.45, 7) is 1.67. The second-order valence-corrected chi connectivity index (χ2v) is 4.81. The van der Waals surface area contributed by atoms with Crippen molar-refractivity contribution >= 4 is 11.8 Å². The number of hydrogen-bond acceptors (Lipinski definition) is 4. The monoisotopic (exact) mass is 283 g/mol. The summed E-state index contributed by atoms with van der Waals surface area (Å²) in [7, 11) is 0. The average Bonchev–Trinajstić information content (AvgIpc) is 2.46. The first kappa shape index (κ1) is 13.1. The van der Waals surface area contributed by atoms with Gasteiger partial charge < -0.3 is 15.4 Å². The number of aliphatic carboxylic acids is 1. The van der Waals surface area contributed by atoms with Gasteiger partial charge in [-0.1, -0.05) is 30.3 Å². The molecule has 1 aromatic heterocycles. The number of rotatable bonds is 2. The number of nitrogens with one attached hydrogen (secondary N) is 2. The maximum Gasteiger partial charge on any atom is 0.334 e. The van der Waals surface area contributed by atoms with Crippen molar-refractivity contribution in [1.29, 1.82) is 0 Å². The van der Waals surface area contributed by atoms with E-state index < -0.39 is 11.9 Å². The van der Waals surface area contributed by atoms with Crippen molar-refractivity contribution in [3.63, 3.8) is 0 Å². The maximum atomic E-state index is 12.2. The van der Waals surface area contributed by atoms with Crippen molar-refractivity contribution < 1.29 is 9.90 Å². The summed E-state index contributed by atoms with van der Waals surface area (Å²) in [6, 6.07) is 9.09. The Morgan fingerprint density at radius 2 is 2.00 bits per heavy atom. The molecule has 0 fully saturated rings. The molecule has 0 radical (unpaired) electrons. The van der Waals surface area contributed by atoms with Crippen molar-refractivity contribution in [1.82, 2.24) is 9.97 Å². The maximum absolute atomic E-state index is 12.2. The summed E-state index contributed by atoms with van der Waals surface area (Å²) in [5.41, 5.74) is 1.38. The molecule has 1 unspecified atom stereocenters. The number of aromatic amines is 1. The van der Waals surface area contributed by atoms with E-state index in [1.807, 2.05) is 30.3 Å². The number of aromatic nitrogens is 2. The number of nitrogens with zero attached hydrogens (tertiary/aromatic N) is 1. The molecule has 6 nitrogen and oxygen atoms in total. The van der Waals surface area contributed by atoms with E-state index in [0.29, 0.717) is 17.1 Å². The third kappa shape index (κ3) is 2.10. The van der Waals surface area contributed by atoms with E-state index in [1.165, 1.54) is 6.33 Å². The van der Waals surface area contributed by atoms with Gasteiger partial charge in [0.2, 0.25) is 0 Å². The van der Waals surface area contributed by atoms with Crippen molar-refractivity contribution in [2.24, 2.45) is 0 Å². The number of carboxylic acid groups (broad SMARTS) is 1. The number of H-pyrrole nitrogens is 1. The van der Waals surface area contributed by atoms with Gasteiger partial charge in [0.15, 0.2) is 0 Å². The van der Waals surface area contributed by atoms with E-state index in [1.54, 1.807) is 6.92 Å². The first-order chi connectivity index (χ1) is 10.1. The van der Waals surface area contributed by atoms with Gasteiger partial charge in [-0.25, -0.2) is 9.78 Å². The number of carbonyl (C=O) groups is 1. The molecule has 2 heterocycles. The highest BCUT2D eigenvalue weighted by Crippen LogP contribution is 2.38. The van der Waals surface area contributed by atoms with Crippen LogP contribution in [0.2, 0.25) is 0 Å². The van der Waals surface area contributed by atoms with Gasteiger partial charge >= 0.3 is 5.97 Å². The van der Waals surface area contributed by atoms with E-state index in [2.05, 4.69) is 15.3 Å². The lowest BCUT2D eigenvalue weighted by molar-refractivity contribution is -0.132. The second-order valence-electron chi connectivity index (χ2n) is 4.81. The highest BCUT2D eigenvalue weighted by Gasteiger charge is 2.34. The zero-order valence-corrected chi connectivity index (χ0v) is 11.3. The van der Waals surface area contributed by atoms with Gasteiger partial charge in [0.25, 0.3) is 5.56 Å². The predicted molar refractivity (Wildman–Crippen MR) is 77.1 cm³/mol. The van der Waals surface area contributed by atoms with Crippen LogP contribution in [0.4, 0.5) is 5.82 Å². The molecular weight excluding hydrogens is 270 g/mol.